The molecule has 6 heteroatoms. The number of halogens is 2. The number of rotatable bonds is 5. The van der Waals surface area contributed by atoms with Crippen LogP contribution in [0.4, 0.5) is 8.78 Å². The Morgan fingerprint density at radius 3 is 2.58 bits per heavy atom. The van der Waals surface area contributed by atoms with Crippen molar-refractivity contribution in [3.63, 3.8) is 0 Å². The molecule has 5 aromatic rings. The van der Waals surface area contributed by atoms with Gasteiger partial charge in [0.1, 0.15) is 18.2 Å². The zero-order chi connectivity index (χ0) is 27.4. The van der Waals surface area contributed by atoms with Crippen LogP contribution in [-0.4, -0.2) is 23.5 Å². The molecular weight excluding hydrogens is 506 g/mol. The molecule has 4 aromatic carbocycles. The zero-order valence-corrected chi connectivity index (χ0v) is 22.5. The van der Waals surface area contributed by atoms with Crippen LogP contribution in [0.3, 0.4) is 0 Å². The molecule has 40 heavy (non-hydrogen) atoms. The first-order chi connectivity index (χ1) is 19.5. The summed E-state index contributed by atoms with van der Waals surface area (Å²) in [6, 6.07) is 24.8. The van der Waals surface area contributed by atoms with Crippen molar-refractivity contribution in [3.8, 4) is 11.5 Å². The average molecular weight is 537 g/mol. The van der Waals surface area contributed by atoms with E-state index in [1.54, 1.807) is 32.2 Å². The maximum Gasteiger partial charge on any atom is 0.162 e. The van der Waals surface area contributed by atoms with Gasteiger partial charge in [-0.1, -0.05) is 42.5 Å². The van der Waals surface area contributed by atoms with E-state index in [9.17, 15) is 8.78 Å². The van der Waals surface area contributed by atoms with Gasteiger partial charge in [-0.2, -0.15) is 0 Å². The monoisotopic (exact) mass is 536 g/mol. The number of H-pyrrole nitrogens is 1. The molecule has 0 amide bonds. The Morgan fingerprint density at radius 2 is 1.77 bits per heavy atom. The van der Waals surface area contributed by atoms with Crippen LogP contribution in [0.25, 0.3) is 10.9 Å². The largest absolute Gasteiger partial charge is 0.493 e. The Balaban J connectivity index is 1.31. The van der Waals surface area contributed by atoms with Gasteiger partial charge in [0.25, 0.3) is 0 Å². The first kappa shape index (κ1) is 24.9. The third kappa shape index (κ3) is 4.14. The van der Waals surface area contributed by atoms with E-state index in [-0.39, 0.29) is 30.3 Å². The maximum atomic E-state index is 14.2. The highest BCUT2D eigenvalue weighted by molar-refractivity contribution is 5.85. The fourth-order valence-electron chi connectivity index (χ4n) is 6.46. The van der Waals surface area contributed by atoms with Crippen LogP contribution in [0, 0.1) is 18.6 Å². The summed E-state index contributed by atoms with van der Waals surface area (Å²) >= 11 is 0. The van der Waals surface area contributed by atoms with E-state index in [0.717, 1.165) is 36.0 Å². The van der Waals surface area contributed by atoms with E-state index in [1.165, 1.54) is 33.8 Å². The lowest BCUT2D eigenvalue weighted by molar-refractivity contribution is 0.127. The SMILES string of the molecule is COc1cc2c(cc1OCc1ccc(C)c(F)c1)C1Cc3c([nH]c4ccccc34)C(c3ccc(F)cc3)N1CC2. The van der Waals surface area contributed by atoms with Crippen molar-refractivity contribution in [2.45, 2.75) is 38.5 Å². The van der Waals surface area contributed by atoms with Crippen molar-refractivity contribution in [2.24, 2.45) is 0 Å². The minimum Gasteiger partial charge on any atom is -0.493 e. The average Bonchev–Trinajstić information content (AvgIpc) is 3.35. The number of nitrogens with zero attached hydrogens (tertiary/aromatic N) is 1. The third-order valence-corrected chi connectivity index (χ3v) is 8.49. The van der Waals surface area contributed by atoms with E-state index in [0.29, 0.717) is 17.1 Å². The van der Waals surface area contributed by atoms with E-state index in [1.807, 2.05) is 18.2 Å². The second-order valence-corrected chi connectivity index (χ2v) is 10.8. The van der Waals surface area contributed by atoms with Crippen LogP contribution < -0.4 is 9.47 Å². The lowest BCUT2D eigenvalue weighted by atomic mass is 9.80. The number of fused-ring (bicyclic) bond motifs is 6. The Morgan fingerprint density at radius 1 is 0.950 bits per heavy atom. The molecule has 3 heterocycles. The summed E-state index contributed by atoms with van der Waals surface area (Å²) in [5, 5.41) is 1.22. The number of hydrogen-bond acceptors (Lipinski definition) is 3. The molecule has 2 unspecified atom stereocenters. The molecule has 0 bridgehead atoms. The molecule has 0 saturated heterocycles. The zero-order valence-electron chi connectivity index (χ0n) is 22.5. The van der Waals surface area contributed by atoms with Gasteiger partial charge in [-0.25, -0.2) is 8.78 Å². The lowest BCUT2D eigenvalue weighted by Gasteiger charge is -2.46. The highest BCUT2D eigenvalue weighted by Crippen LogP contribution is 2.49. The fourth-order valence-corrected chi connectivity index (χ4v) is 6.46. The fraction of sp³-hybridized carbons (Fsp3) is 0.235. The minimum absolute atomic E-state index is 0.0306. The molecule has 2 aliphatic heterocycles. The summed E-state index contributed by atoms with van der Waals surface area (Å²) in [4.78, 5) is 6.23. The van der Waals surface area contributed by atoms with Gasteiger partial charge in [0.2, 0.25) is 0 Å². The minimum atomic E-state index is -0.238. The van der Waals surface area contributed by atoms with Crippen molar-refractivity contribution in [1.29, 1.82) is 0 Å². The van der Waals surface area contributed by atoms with Gasteiger partial charge in [-0.15, -0.1) is 0 Å². The number of aromatic amines is 1. The summed E-state index contributed by atoms with van der Waals surface area (Å²) in [6.45, 7) is 2.85. The third-order valence-electron chi connectivity index (χ3n) is 8.49. The van der Waals surface area contributed by atoms with Crippen molar-refractivity contribution < 1.29 is 18.3 Å². The topological polar surface area (TPSA) is 37.5 Å². The number of hydrogen-bond donors (Lipinski definition) is 1. The molecule has 0 aliphatic carbocycles. The van der Waals surface area contributed by atoms with Crippen molar-refractivity contribution in [1.82, 2.24) is 9.88 Å². The van der Waals surface area contributed by atoms with Crippen LogP contribution in [-0.2, 0) is 19.4 Å². The Bertz CT molecular complexity index is 1730. The van der Waals surface area contributed by atoms with Gasteiger partial charge in [0, 0.05) is 29.2 Å². The first-order valence-corrected chi connectivity index (χ1v) is 13.7. The number of nitrogens with one attached hydrogen (secondary N) is 1. The molecule has 2 aliphatic rings. The number of aromatic nitrogens is 1. The Hall–Kier alpha value is -4.16. The van der Waals surface area contributed by atoms with Gasteiger partial charge >= 0.3 is 0 Å². The van der Waals surface area contributed by atoms with Gasteiger partial charge in [0.05, 0.1) is 13.2 Å². The quantitative estimate of drug-likeness (QED) is 0.252. The molecule has 0 spiro atoms. The highest BCUT2D eigenvalue weighted by Gasteiger charge is 2.41. The Kier molecular flexibility index (Phi) is 6.08. The van der Waals surface area contributed by atoms with Crippen LogP contribution in [0.2, 0.25) is 0 Å². The predicted molar refractivity (Wildman–Crippen MR) is 152 cm³/mol. The molecule has 1 N–H and O–H groups in total. The van der Waals surface area contributed by atoms with Crippen LogP contribution >= 0.6 is 0 Å². The predicted octanol–water partition coefficient (Wildman–Crippen LogP) is 7.59. The lowest BCUT2D eigenvalue weighted by Crippen LogP contribution is -2.43. The molecule has 1 aromatic heterocycles. The summed E-state index contributed by atoms with van der Waals surface area (Å²) in [7, 11) is 1.65. The van der Waals surface area contributed by atoms with E-state index in [2.05, 4.69) is 46.3 Å². The normalized spacial score (nSPS) is 18.2. The van der Waals surface area contributed by atoms with Crippen molar-refractivity contribution in [3.05, 3.63) is 130 Å². The smallest absolute Gasteiger partial charge is 0.162 e. The molecule has 0 saturated carbocycles. The summed E-state index contributed by atoms with van der Waals surface area (Å²) < 4.78 is 40.1. The Labute approximate surface area is 232 Å². The van der Waals surface area contributed by atoms with Gasteiger partial charge < -0.3 is 14.5 Å². The first-order valence-electron chi connectivity index (χ1n) is 13.7. The van der Waals surface area contributed by atoms with Crippen molar-refractivity contribution in [2.75, 3.05) is 13.7 Å². The number of benzene rings is 4. The number of para-hydroxylation sites is 1. The standard InChI is InChI=1S/C34H30F2N2O2/c1-20-7-8-21(15-28(20)36)19-40-32-18-26-23(16-31(32)39-2)13-14-38-30(26)17-27-25-5-3-4-6-29(25)37-33(27)34(38)22-9-11-24(35)12-10-22/h3-12,15-16,18,30,34,37H,13-14,17,19H2,1-2H3. The number of ether oxygens (including phenoxy) is 2. The van der Waals surface area contributed by atoms with Crippen molar-refractivity contribution >= 4 is 10.9 Å². The second-order valence-electron chi connectivity index (χ2n) is 10.8. The summed E-state index contributed by atoms with van der Waals surface area (Å²) in [5.74, 6) is 0.850. The van der Waals surface area contributed by atoms with E-state index in [4.69, 9.17) is 9.47 Å². The van der Waals surface area contributed by atoms with Gasteiger partial charge in [-0.3, -0.25) is 4.90 Å². The second kappa shape index (κ2) is 9.79. The summed E-state index contributed by atoms with van der Waals surface area (Å²) in [6.07, 6.45) is 1.71. The number of aryl methyl sites for hydroxylation is 1. The number of methoxy groups -OCH3 is 1. The highest BCUT2D eigenvalue weighted by atomic mass is 19.1. The van der Waals surface area contributed by atoms with Gasteiger partial charge in [-0.05, 0) is 89.5 Å². The summed E-state index contributed by atoms with van der Waals surface area (Å²) in [5.41, 5.74) is 8.49. The van der Waals surface area contributed by atoms with Crippen LogP contribution in [0.15, 0.2) is 78.9 Å². The molecule has 7 rings (SSSR count). The molecule has 4 nitrogen and oxygen atoms in total. The maximum absolute atomic E-state index is 14.2. The van der Waals surface area contributed by atoms with E-state index < -0.39 is 0 Å². The molecule has 2 atom stereocenters. The van der Waals surface area contributed by atoms with Crippen LogP contribution in [0.5, 0.6) is 11.5 Å². The molecule has 202 valence electrons. The molecular formula is C34H30F2N2O2. The van der Waals surface area contributed by atoms with Crippen LogP contribution in [0.1, 0.15) is 51.2 Å². The molecule has 0 fully saturated rings. The molecule has 0 radical (unpaired) electrons. The van der Waals surface area contributed by atoms with E-state index >= 15 is 0 Å². The van der Waals surface area contributed by atoms with Gasteiger partial charge in [0.15, 0.2) is 11.5 Å².